The molecule has 0 unspecified atom stereocenters. The van der Waals surface area contributed by atoms with Gasteiger partial charge in [0.15, 0.2) is 0 Å². The molecule has 28 heavy (non-hydrogen) atoms. The van der Waals surface area contributed by atoms with Gasteiger partial charge in [-0.15, -0.1) is 0 Å². The molecule has 2 atom stereocenters. The smallest absolute Gasteiger partial charge is 0.328 e. The molecular formula is C21H20N2O4S. The standard InChI is InChI=1S/C21H20N2O4S/c1-27-21(25)18(12-14-28(26)16-9-3-2-4-10-16)23-20(24)17-11-5-7-15-8-6-13-22-19(15)17/h2-11,13,18H,12,14H2,1H3,(H,23,24)/t18-,28+/m0/s1. The van der Waals surface area contributed by atoms with Gasteiger partial charge < -0.3 is 10.1 Å². The molecule has 1 N–H and O–H groups in total. The molecule has 0 bridgehead atoms. The summed E-state index contributed by atoms with van der Waals surface area (Å²) in [7, 11) is -0.0165. The Hall–Kier alpha value is -3.06. The van der Waals surface area contributed by atoms with Crippen molar-refractivity contribution in [3.63, 3.8) is 0 Å². The van der Waals surface area contributed by atoms with E-state index in [1.165, 1.54) is 7.11 Å². The van der Waals surface area contributed by atoms with E-state index in [2.05, 4.69) is 10.3 Å². The first-order chi connectivity index (χ1) is 13.6. The highest BCUT2D eigenvalue weighted by Crippen LogP contribution is 2.16. The molecule has 0 aliphatic carbocycles. The van der Waals surface area contributed by atoms with Crippen LogP contribution in [-0.4, -0.2) is 40.0 Å². The van der Waals surface area contributed by atoms with Crippen LogP contribution in [0.4, 0.5) is 0 Å². The molecule has 3 aromatic rings. The van der Waals surface area contributed by atoms with Gasteiger partial charge in [-0.2, -0.15) is 0 Å². The van der Waals surface area contributed by atoms with Gasteiger partial charge in [-0.25, -0.2) is 4.79 Å². The first kappa shape index (κ1) is 19.7. The number of carbonyl (C=O) groups excluding carboxylic acids is 2. The number of aromatic nitrogens is 1. The van der Waals surface area contributed by atoms with E-state index in [1.54, 1.807) is 48.7 Å². The number of hydrogen-bond donors (Lipinski definition) is 1. The molecule has 0 fully saturated rings. The molecule has 3 rings (SSSR count). The van der Waals surface area contributed by atoms with Crippen molar-refractivity contribution < 1.29 is 18.5 Å². The predicted molar refractivity (Wildman–Crippen MR) is 107 cm³/mol. The molecule has 0 aliphatic rings. The minimum absolute atomic E-state index is 0.193. The van der Waals surface area contributed by atoms with Crippen molar-refractivity contribution in [2.75, 3.05) is 12.9 Å². The van der Waals surface area contributed by atoms with Gasteiger partial charge in [-0.05, 0) is 30.7 Å². The number of amides is 1. The van der Waals surface area contributed by atoms with Crippen LogP contribution in [-0.2, 0) is 20.3 Å². The molecule has 0 saturated heterocycles. The highest BCUT2D eigenvalue weighted by atomic mass is 32.2. The van der Waals surface area contributed by atoms with Gasteiger partial charge in [0.05, 0.1) is 29.0 Å². The maximum Gasteiger partial charge on any atom is 0.328 e. The topological polar surface area (TPSA) is 85.4 Å². The Morgan fingerprint density at radius 2 is 1.82 bits per heavy atom. The Bertz CT molecular complexity index is 1000. The summed E-state index contributed by atoms with van der Waals surface area (Å²) in [6.45, 7) is 0. The second kappa shape index (κ2) is 9.23. The van der Waals surface area contributed by atoms with E-state index in [1.807, 2.05) is 18.2 Å². The van der Waals surface area contributed by atoms with Crippen LogP contribution >= 0.6 is 0 Å². The van der Waals surface area contributed by atoms with Crippen LogP contribution in [0.2, 0.25) is 0 Å². The van der Waals surface area contributed by atoms with Crippen LogP contribution in [0.5, 0.6) is 0 Å². The number of rotatable bonds is 7. The monoisotopic (exact) mass is 396 g/mol. The summed E-state index contributed by atoms with van der Waals surface area (Å²) < 4.78 is 17.2. The zero-order chi connectivity index (χ0) is 19.9. The van der Waals surface area contributed by atoms with Crippen molar-refractivity contribution in [1.82, 2.24) is 10.3 Å². The Morgan fingerprint density at radius 3 is 2.57 bits per heavy atom. The lowest BCUT2D eigenvalue weighted by Gasteiger charge is -2.17. The predicted octanol–water partition coefficient (Wildman–Crippen LogP) is 2.70. The number of nitrogens with one attached hydrogen (secondary N) is 1. The molecule has 0 saturated carbocycles. The van der Waals surface area contributed by atoms with E-state index in [9.17, 15) is 13.8 Å². The van der Waals surface area contributed by atoms with Crippen molar-refractivity contribution >= 4 is 33.6 Å². The first-order valence-corrected chi connectivity index (χ1v) is 10.1. The van der Waals surface area contributed by atoms with Gasteiger partial charge in [-0.1, -0.05) is 36.4 Å². The van der Waals surface area contributed by atoms with E-state index in [0.717, 1.165) is 5.39 Å². The Kier molecular flexibility index (Phi) is 6.49. The fourth-order valence-corrected chi connectivity index (χ4v) is 3.98. The van der Waals surface area contributed by atoms with E-state index in [-0.39, 0.29) is 12.2 Å². The minimum atomic E-state index is -1.28. The molecule has 0 aliphatic heterocycles. The number of esters is 1. The number of methoxy groups -OCH3 is 1. The maximum absolute atomic E-state index is 12.8. The second-order valence-corrected chi connectivity index (χ2v) is 7.65. The zero-order valence-corrected chi connectivity index (χ0v) is 16.1. The molecule has 144 valence electrons. The van der Waals surface area contributed by atoms with Gasteiger partial charge in [0.2, 0.25) is 0 Å². The fourth-order valence-electron chi connectivity index (χ4n) is 2.83. The number of benzene rings is 2. The molecule has 1 amide bonds. The van der Waals surface area contributed by atoms with E-state index < -0.39 is 28.7 Å². The molecule has 1 heterocycles. The van der Waals surface area contributed by atoms with Gasteiger partial charge in [0.1, 0.15) is 6.04 Å². The van der Waals surface area contributed by atoms with Crippen LogP contribution in [0.25, 0.3) is 10.9 Å². The third-order valence-corrected chi connectivity index (χ3v) is 5.67. The fraction of sp³-hybridized carbons (Fsp3) is 0.190. The summed E-state index contributed by atoms with van der Waals surface area (Å²) in [5.74, 6) is -0.783. The molecular weight excluding hydrogens is 376 g/mol. The van der Waals surface area contributed by atoms with Crippen LogP contribution in [0.15, 0.2) is 71.8 Å². The lowest BCUT2D eigenvalue weighted by Crippen LogP contribution is -2.42. The van der Waals surface area contributed by atoms with E-state index >= 15 is 0 Å². The van der Waals surface area contributed by atoms with Crippen molar-refractivity contribution in [1.29, 1.82) is 0 Å². The number of nitrogens with zero attached hydrogens (tertiary/aromatic N) is 1. The average Bonchev–Trinajstić information content (AvgIpc) is 2.75. The lowest BCUT2D eigenvalue weighted by molar-refractivity contribution is -0.142. The summed E-state index contributed by atoms with van der Waals surface area (Å²) in [6, 6.07) is 17.0. The largest absolute Gasteiger partial charge is 0.467 e. The molecule has 7 heteroatoms. The summed E-state index contributed by atoms with van der Waals surface area (Å²) in [5.41, 5.74) is 0.926. The lowest BCUT2D eigenvalue weighted by atomic mass is 10.1. The van der Waals surface area contributed by atoms with Gasteiger partial charge in [-0.3, -0.25) is 14.0 Å². The zero-order valence-electron chi connectivity index (χ0n) is 15.3. The van der Waals surface area contributed by atoms with Crippen molar-refractivity contribution in [3.8, 4) is 0 Å². The molecule has 0 spiro atoms. The number of ether oxygens (including phenoxy) is 1. The Morgan fingerprint density at radius 1 is 1.07 bits per heavy atom. The summed E-state index contributed by atoms with van der Waals surface area (Å²) in [5, 5.41) is 3.52. The van der Waals surface area contributed by atoms with Gasteiger partial charge >= 0.3 is 5.97 Å². The molecule has 2 aromatic carbocycles. The quantitative estimate of drug-likeness (QED) is 0.621. The minimum Gasteiger partial charge on any atom is -0.467 e. The number of para-hydroxylation sites is 1. The highest BCUT2D eigenvalue weighted by molar-refractivity contribution is 7.85. The number of fused-ring (bicyclic) bond motifs is 1. The van der Waals surface area contributed by atoms with Gasteiger partial charge in [0, 0.05) is 22.2 Å². The molecule has 1 aromatic heterocycles. The average molecular weight is 396 g/mol. The van der Waals surface area contributed by atoms with Crippen LogP contribution in [0.3, 0.4) is 0 Å². The Labute approximate surface area is 165 Å². The summed E-state index contributed by atoms with van der Waals surface area (Å²) in [4.78, 5) is 29.8. The Balaban J connectivity index is 1.74. The first-order valence-electron chi connectivity index (χ1n) is 8.76. The molecule has 0 radical (unpaired) electrons. The van der Waals surface area contributed by atoms with Crippen molar-refractivity contribution in [2.24, 2.45) is 0 Å². The van der Waals surface area contributed by atoms with Crippen molar-refractivity contribution in [3.05, 3.63) is 72.4 Å². The summed E-state index contributed by atoms with van der Waals surface area (Å²) >= 11 is 0. The van der Waals surface area contributed by atoms with Crippen molar-refractivity contribution in [2.45, 2.75) is 17.4 Å². The second-order valence-electron chi connectivity index (χ2n) is 6.08. The highest BCUT2D eigenvalue weighted by Gasteiger charge is 2.24. The number of pyridine rings is 1. The van der Waals surface area contributed by atoms with Crippen LogP contribution in [0, 0.1) is 0 Å². The normalized spacial score (nSPS) is 12.9. The summed E-state index contributed by atoms with van der Waals surface area (Å²) in [6.07, 6.45) is 1.80. The maximum atomic E-state index is 12.8. The van der Waals surface area contributed by atoms with Crippen LogP contribution in [0.1, 0.15) is 16.8 Å². The number of hydrogen-bond acceptors (Lipinski definition) is 5. The van der Waals surface area contributed by atoms with Gasteiger partial charge in [0.25, 0.3) is 5.91 Å². The third kappa shape index (κ3) is 4.61. The van der Waals surface area contributed by atoms with E-state index in [0.29, 0.717) is 16.0 Å². The van der Waals surface area contributed by atoms with Crippen LogP contribution < -0.4 is 5.32 Å². The van der Waals surface area contributed by atoms with E-state index in [4.69, 9.17) is 4.74 Å². The number of carbonyl (C=O) groups is 2. The SMILES string of the molecule is COC(=O)[C@H](CC[S@@](=O)c1ccccc1)NC(=O)c1cccc2cccnc12. The third-order valence-electron chi connectivity index (χ3n) is 4.27. The molecule has 6 nitrogen and oxygen atoms in total.